The number of pyridine rings is 2. The Morgan fingerprint density at radius 1 is 1.15 bits per heavy atom. The Hall–Kier alpha value is -2.96. The van der Waals surface area contributed by atoms with Gasteiger partial charge in [0, 0.05) is 36.0 Å². The summed E-state index contributed by atoms with van der Waals surface area (Å²) in [7, 11) is -3.42. The topological polar surface area (TPSA) is 125 Å². The minimum absolute atomic E-state index is 0.127. The summed E-state index contributed by atoms with van der Waals surface area (Å²) in [6.45, 7) is 0.676. The van der Waals surface area contributed by atoms with Crippen LogP contribution in [0.15, 0.2) is 36.8 Å². The first-order valence-electron chi connectivity index (χ1n) is 11.2. The van der Waals surface area contributed by atoms with Crippen LogP contribution in [0.5, 0.6) is 0 Å². The number of anilines is 2. The first-order valence-corrected chi connectivity index (χ1v) is 13.8. The number of aromatic nitrogens is 6. The molecule has 1 N–H and O–H groups in total. The zero-order valence-electron chi connectivity index (χ0n) is 18.7. The molecule has 0 amide bonds. The maximum Gasteiger partial charge on any atom is 0.264 e. The molecule has 34 heavy (non-hydrogen) atoms. The molecule has 0 saturated heterocycles. The molecular weight excluding hydrogens is 474 g/mol. The van der Waals surface area contributed by atoms with E-state index in [1.165, 1.54) is 25.7 Å². The van der Waals surface area contributed by atoms with E-state index in [9.17, 15) is 8.42 Å². The van der Waals surface area contributed by atoms with Crippen molar-refractivity contribution in [3.63, 3.8) is 0 Å². The van der Waals surface area contributed by atoms with E-state index < -0.39 is 10.1 Å². The van der Waals surface area contributed by atoms with Crippen LogP contribution in [0.25, 0.3) is 22.2 Å². The first-order chi connectivity index (χ1) is 16.4. The molecule has 1 fully saturated rings. The zero-order valence-corrected chi connectivity index (χ0v) is 20.3. The lowest BCUT2D eigenvalue weighted by atomic mass is 10.1. The van der Waals surface area contributed by atoms with Crippen LogP contribution in [0.3, 0.4) is 0 Å². The Bertz CT molecular complexity index is 1390. The molecule has 1 aliphatic rings. The van der Waals surface area contributed by atoms with Crippen LogP contribution >= 0.6 is 11.3 Å². The maximum atomic E-state index is 11.1. The predicted molar refractivity (Wildman–Crippen MR) is 131 cm³/mol. The third-order valence-electron chi connectivity index (χ3n) is 5.71. The Labute approximate surface area is 201 Å². The fourth-order valence-electron chi connectivity index (χ4n) is 4.04. The lowest BCUT2D eigenvalue weighted by molar-refractivity contribution is 0.304. The Balaban J connectivity index is 1.27. The van der Waals surface area contributed by atoms with Crippen molar-refractivity contribution in [1.29, 1.82) is 0 Å². The molecule has 0 spiro atoms. The molecule has 0 atom stereocenters. The minimum Gasteiger partial charge on any atom is -0.315 e. The molecular formula is C22H25N7O3S2. The van der Waals surface area contributed by atoms with Gasteiger partial charge in [0.05, 0.1) is 30.1 Å². The molecule has 4 aromatic rings. The number of fused-ring (bicyclic) bond motifs is 1. The smallest absolute Gasteiger partial charge is 0.264 e. The number of hydrogen-bond acceptors (Lipinski definition) is 10. The van der Waals surface area contributed by atoms with E-state index in [1.807, 2.05) is 24.4 Å². The number of nitrogens with zero attached hydrogens (tertiary/aromatic N) is 6. The van der Waals surface area contributed by atoms with Crippen molar-refractivity contribution in [2.75, 3.05) is 18.2 Å². The van der Waals surface area contributed by atoms with Crippen LogP contribution < -0.4 is 5.32 Å². The van der Waals surface area contributed by atoms with E-state index in [1.54, 1.807) is 28.4 Å². The highest BCUT2D eigenvalue weighted by molar-refractivity contribution is 7.85. The first kappa shape index (κ1) is 22.8. The molecule has 1 saturated carbocycles. The maximum absolute atomic E-state index is 11.1. The summed E-state index contributed by atoms with van der Waals surface area (Å²) in [6, 6.07) is 5.80. The summed E-state index contributed by atoms with van der Waals surface area (Å²) >= 11 is 1.60. The monoisotopic (exact) mass is 499 g/mol. The van der Waals surface area contributed by atoms with E-state index in [4.69, 9.17) is 9.17 Å². The fourth-order valence-corrected chi connectivity index (χ4v) is 5.38. The molecule has 178 valence electrons. The molecule has 0 unspecified atom stereocenters. The molecule has 0 radical (unpaired) electrons. The van der Waals surface area contributed by atoms with Crippen molar-refractivity contribution in [3.8, 4) is 11.1 Å². The molecule has 0 aliphatic heterocycles. The summed E-state index contributed by atoms with van der Waals surface area (Å²) in [5.74, 6) is 1.24. The molecule has 4 heterocycles. The summed E-state index contributed by atoms with van der Waals surface area (Å²) in [5.41, 5.74) is 3.36. The van der Waals surface area contributed by atoms with Crippen LogP contribution in [0, 0.1) is 0 Å². The summed E-state index contributed by atoms with van der Waals surface area (Å²) in [5, 5.41) is 18.1. The second-order valence-electron chi connectivity index (χ2n) is 8.38. The average Bonchev–Trinajstić information content (AvgIpc) is 3.57. The van der Waals surface area contributed by atoms with Crippen LogP contribution in [-0.2, 0) is 20.8 Å². The van der Waals surface area contributed by atoms with Gasteiger partial charge in [-0.2, -0.15) is 13.5 Å². The summed E-state index contributed by atoms with van der Waals surface area (Å²) in [4.78, 5) is 9.25. The van der Waals surface area contributed by atoms with Crippen molar-refractivity contribution in [1.82, 2.24) is 29.9 Å². The standard InChI is InChI=1S/C22H25N7O3S2/c1-34(30,31)32-10-4-9-29-14-17(13-24-29)16-11-19-18(23-12-16)7-8-20(25-19)26-22-28-27-21(33-22)15-5-2-3-6-15/h7-8,11-15H,2-6,9-10H2,1H3,(H,25,26,28). The van der Waals surface area contributed by atoms with Gasteiger partial charge in [0.1, 0.15) is 10.8 Å². The van der Waals surface area contributed by atoms with Gasteiger partial charge < -0.3 is 5.32 Å². The summed E-state index contributed by atoms with van der Waals surface area (Å²) < 4.78 is 28.6. The van der Waals surface area contributed by atoms with Crippen LogP contribution in [0.2, 0.25) is 0 Å². The normalized spacial score (nSPS) is 14.7. The second kappa shape index (κ2) is 9.72. The largest absolute Gasteiger partial charge is 0.315 e. The number of aryl methyl sites for hydroxylation is 1. The molecule has 4 aromatic heterocycles. The highest BCUT2D eigenvalue weighted by Gasteiger charge is 2.21. The Kier molecular flexibility index (Phi) is 6.53. The molecule has 12 heteroatoms. The SMILES string of the molecule is CS(=O)(=O)OCCCn1cc(-c2cnc3ccc(Nc4nnc(C5CCCC5)s4)nc3c2)cn1. The van der Waals surface area contributed by atoms with Gasteiger partial charge in [0.15, 0.2) is 0 Å². The Morgan fingerprint density at radius 3 is 2.82 bits per heavy atom. The third kappa shape index (κ3) is 5.57. The molecule has 1 aliphatic carbocycles. The van der Waals surface area contributed by atoms with Crippen LogP contribution in [0.4, 0.5) is 10.9 Å². The lowest BCUT2D eigenvalue weighted by Crippen LogP contribution is -2.07. The molecule has 10 nitrogen and oxygen atoms in total. The zero-order chi connectivity index (χ0) is 23.5. The van der Waals surface area contributed by atoms with E-state index >= 15 is 0 Å². The fraction of sp³-hybridized carbons (Fsp3) is 0.409. The lowest BCUT2D eigenvalue weighted by Gasteiger charge is -2.05. The summed E-state index contributed by atoms with van der Waals surface area (Å²) in [6.07, 6.45) is 12.0. The van der Waals surface area contributed by atoms with Gasteiger partial charge in [-0.3, -0.25) is 13.8 Å². The van der Waals surface area contributed by atoms with E-state index in [-0.39, 0.29) is 6.61 Å². The van der Waals surface area contributed by atoms with Crippen molar-refractivity contribution in [3.05, 3.63) is 41.8 Å². The van der Waals surface area contributed by atoms with E-state index in [0.717, 1.165) is 38.6 Å². The van der Waals surface area contributed by atoms with E-state index in [0.29, 0.717) is 24.7 Å². The van der Waals surface area contributed by atoms with E-state index in [2.05, 4.69) is 25.6 Å². The highest BCUT2D eigenvalue weighted by atomic mass is 32.2. The molecule has 0 aromatic carbocycles. The second-order valence-corrected chi connectivity index (χ2v) is 11.0. The third-order valence-corrected chi connectivity index (χ3v) is 7.31. The quantitative estimate of drug-likeness (QED) is 0.267. The van der Waals surface area contributed by atoms with Crippen LogP contribution in [-0.4, -0.2) is 51.2 Å². The van der Waals surface area contributed by atoms with Gasteiger partial charge in [-0.15, -0.1) is 10.2 Å². The molecule has 0 bridgehead atoms. The van der Waals surface area contributed by atoms with Gasteiger partial charge in [-0.1, -0.05) is 24.2 Å². The van der Waals surface area contributed by atoms with Crippen molar-refractivity contribution in [2.24, 2.45) is 0 Å². The van der Waals surface area contributed by atoms with Gasteiger partial charge in [0.25, 0.3) is 10.1 Å². The van der Waals surface area contributed by atoms with Crippen LogP contribution in [0.1, 0.15) is 43.0 Å². The average molecular weight is 500 g/mol. The number of hydrogen-bond donors (Lipinski definition) is 1. The number of nitrogens with one attached hydrogen (secondary N) is 1. The van der Waals surface area contributed by atoms with Crippen molar-refractivity contribution >= 4 is 43.4 Å². The predicted octanol–water partition coefficient (Wildman–Crippen LogP) is 4.11. The highest BCUT2D eigenvalue weighted by Crippen LogP contribution is 2.37. The van der Waals surface area contributed by atoms with Crippen molar-refractivity contribution in [2.45, 2.75) is 44.6 Å². The molecule has 5 rings (SSSR count). The van der Waals surface area contributed by atoms with Crippen molar-refractivity contribution < 1.29 is 12.6 Å². The number of rotatable bonds is 9. The van der Waals surface area contributed by atoms with Gasteiger partial charge in [-0.05, 0) is 37.5 Å². The minimum atomic E-state index is -3.42. The van der Waals surface area contributed by atoms with Gasteiger partial charge >= 0.3 is 0 Å². The van der Waals surface area contributed by atoms with Gasteiger partial charge in [0.2, 0.25) is 5.13 Å². The van der Waals surface area contributed by atoms with Gasteiger partial charge in [-0.25, -0.2) is 4.98 Å². The Morgan fingerprint density at radius 2 is 2.00 bits per heavy atom.